The summed E-state index contributed by atoms with van der Waals surface area (Å²) in [4.78, 5) is 6.54. The maximum atomic E-state index is 4.07. The lowest BCUT2D eigenvalue weighted by molar-refractivity contribution is 0.510. The lowest BCUT2D eigenvalue weighted by Crippen LogP contribution is -2.26. The molecule has 2 nitrogen and oxygen atoms in total. The van der Waals surface area contributed by atoms with Crippen LogP contribution in [0.25, 0.3) is 0 Å². The van der Waals surface area contributed by atoms with Gasteiger partial charge < -0.3 is 4.90 Å². The van der Waals surface area contributed by atoms with E-state index in [1.807, 2.05) is 12.4 Å². The molecule has 90 valence electrons. The van der Waals surface area contributed by atoms with Crippen LogP contribution in [0.4, 0.5) is 5.69 Å². The Kier molecular flexibility index (Phi) is 5.91. The lowest BCUT2D eigenvalue weighted by atomic mass is 10.0. The highest BCUT2D eigenvalue weighted by atomic mass is 15.1. The Labute approximate surface area is 99.7 Å². The maximum absolute atomic E-state index is 4.07. The monoisotopic (exact) mass is 220 g/mol. The van der Waals surface area contributed by atoms with Gasteiger partial charge in [0.05, 0.1) is 0 Å². The Bertz CT molecular complexity index is 271. The normalized spacial score (nSPS) is 12.4. The largest absolute Gasteiger partial charge is 0.371 e. The van der Waals surface area contributed by atoms with E-state index in [9.17, 15) is 0 Å². The highest BCUT2D eigenvalue weighted by Crippen LogP contribution is 2.15. The molecule has 1 unspecified atom stereocenters. The van der Waals surface area contributed by atoms with Crippen LogP contribution in [0.5, 0.6) is 0 Å². The first-order chi connectivity index (χ1) is 7.77. The summed E-state index contributed by atoms with van der Waals surface area (Å²) in [5.74, 6) is 0.821. The van der Waals surface area contributed by atoms with Gasteiger partial charge in [-0.1, -0.05) is 27.2 Å². The van der Waals surface area contributed by atoms with E-state index in [4.69, 9.17) is 0 Å². The third kappa shape index (κ3) is 4.21. The van der Waals surface area contributed by atoms with E-state index < -0.39 is 0 Å². The zero-order valence-electron chi connectivity index (χ0n) is 10.8. The van der Waals surface area contributed by atoms with Crippen molar-refractivity contribution >= 4 is 5.69 Å². The van der Waals surface area contributed by atoms with Gasteiger partial charge in [0.25, 0.3) is 0 Å². The van der Waals surface area contributed by atoms with E-state index in [0.29, 0.717) is 0 Å². The highest BCUT2D eigenvalue weighted by Gasteiger charge is 2.06. The summed E-state index contributed by atoms with van der Waals surface area (Å²) in [5, 5.41) is 0. The number of nitrogens with zero attached hydrogens (tertiary/aromatic N) is 2. The maximum Gasteiger partial charge on any atom is 0.0397 e. The Hall–Kier alpha value is -1.05. The van der Waals surface area contributed by atoms with Crippen LogP contribution in [-0.4, -0.2) is 18.1 Å². The van der Waals surface area contributed by atoms with Gasteiger partial charge >= 0.3 is 0 Å². The molecule has 0 aliphatic rings. The van der Waals surface area contributed by atoms with Crippen molar-refractivity contribution in [1.82, 2.24) is 4.98 Å². The zero-order valence-corrected chi connectivity index (χ0v) is 10.8. The molecule has 0 bridgehead atoms. The minimum atomic E-state index is 0.821. The smallest absolute Gasteiger partial charge is 0.0397 e. The molecule has 0 fully saturated rings. The van der Waals surface area contributed by atoms with E-state index in [0.717, 1.165) is 19.0 Å². The Morgan fingerprint density at radius 3 is 2.44 bits per heavy atom. The molecule has 1 rings (SSSR count). The fourth-order valence-electron chi connectivity index (χ4n) is 1.78. The summed E-state index contributed by atoms with van der Waals surface area (Å²) in [6.07, 6.45) is 7.50. The van der Waals surface area contributed by atoms with E-state index in [1.165, 1.54) is 24.9 Å². The minimum Gasteiger partial charge on any atom is -0.371 e. The molecule has 0 aromatic carbocycles. The van der Waals surface area contributed by atoms with Crippen molar-refractivity contribution in [3.8, 4) is 0 Å². The van der Waals surface area contributed by atoms with Crippen LogP contribution in [0, 0.1) is 5.92 Å². The number of anilines is 1. The van der Waals surface area contributed by atoms with Crippen molar-refractivity contribution in [2.24, 2.45) is 5.92 Å². The predicted molar refractivity (Wildman–Crippen MR) is 70.8 cm³/mol. The molecule has 0 aliphatic carbocycles. The summed E-state index contributed by atoms with van der Waals surface area (Å²) >= 11 is 0. The fraction of sp³-hybridized carbons (Fsp3) is 0.643. The summed E-state index contributed by atoms with van der Waals surface area (Å²) in [5.41, 5.74) is 1.31. The molecule has 0 saturated heterocycles. The third-order valence-electron chi connectivity index (χ3n) is 3.11. The van der Waals surface area contributed by atoms with Crippen molar-refractivity contribution in [3.63, 3.8) is 0 Å². The van der Waals surface area contributed by atoms with Gasteiger partial charge in [-0.05, 0) is 30.9 Å². The molecule has 0 saturated carbocycles. The first-order valence-electron chi connectivity index (χ1n) is 6.42. The first kappa shape index (κ1) is 13.0. The van der Waals surface area contributed by atoms with Gasteiger partial charge in [0.15, 0.2) is 0 Å². The molecule has 1 atom stereocenters. The van der Waals surface area contributed by atoms with Crippen molar-refractivity contribution in [1.29, 1.82) is 0 Å². The van der Waals surface area contributed by atoms with Crippen molar-refractivity contribution < 1.29 is 0 Å². The topological polar surface area (TPSA) is 16.1 Å². The summed E-state index contributed by atoms with van der Waals surface area (Å²) < 4.78 is 0. The second kappa shape index (κ2) is 7.26. The molecule has 1 heterocycles. The number of hydrogen-bond acceptors (Lipinski definition) is 2. The Morgan fingerprint density at radius 1 is 1.19 bits per heavy atom. The number of pyridine rings is 1. The van der Waals surface area contributed by atoms with Gasteiger partial charge in [0.1, 0.15) is 0 Å². The molecule has 0 amide bonds. The van der Waals surface area contributed by atoms with Crippen LogP contribution in [0.1, 0.15) is 40.0 Å². The average Bonchev–Trinajstić information content (AvgIpc) is 2.35. The first-order valence-corrected chi connectivity index (χ1v) is 6.42. The van der Waals surface area contributed by atoms with Crippen LogP contribution in [0.2, 0.25) is 0 Å². The van der Waals surface area contributed by atoms with E-state index >= 15 is 0 Å². The van der Waals surface area contributed by atoms with Crippen LogP contribution >= 0.6 is 0 Å². The van der Waals surface area contributed by atoms with Crippen molar-refractivity contribution in [2.45, 2.75) is 40.0 Å². The summed E-state index contributed by atoms with van der Waals surface area (Å²) in [7, 11) is 0. The second-order valence-corrected chi connectivity index (χ2v) is 4.49. The molecule has 1 aromatic rings. The molecular weight excluding hydrogens is 196 g/mol. The minimum absolute atomic E-state index is 0.821. The summed E-state index contributed by atoms with van der Waals surface area (Å²) in [6, 6.07) is 4.21. The molecule has 0 N–H and O–H groups in total. The Morgan fingerprint density at radius 2 is 1.88 bits per heavy atom. The van der Waals surface area contributed by atoms with E-state index in [-0.39, 0.29) is 0 Å². The summed E-state index contributed by atoms with van der Waals surface area (Å²) in [6.45, 7) is 9.13. The second-order valence-electron chi connectivity index (χ2n) is 4.49. The highest BCUT2D eigenvalue weighted by molar-refractivity contribution is 5.44. The molecule has 0 spiro atoms. The van der Waals surface area contributed by atoms with Crippen LogP contribution in [0.15, 0.2) is 24.5 Å². The van der Waals surface area contributed by atoms with Gasteiger partial charge in [-0.25, -0.2) is 0 Å². The van der Waals surface area contributed by atoms with E-state index in [1.54, 1.807) is 0 Å². The van der Waals surface area contributed by atoms with E-state index in [2.05, 4.69) is 42.8 Å². The fourth-order valence-corrected chi connectivity index (χ4v) is 1.78. The molecule has 16 heavy (non-hydrogen) atoms. The van der Waals surface area contributed by atoms with Gasteiger partial charge in [-0.3, -0.25) is 4.98 Å². The number of aromatic nitrogens is 1. The number of rotatable bonds is 7. The standard InChI is InChI=1S/C14H24N2/c1-4-11-16(12-8-13(3)5-2)14-6-9-15-10-7-14/h6-7,9-10,13H,4-5,8,11-12H2,1-3H3. The third-order valence-corrected chi connectivity index (χ3v) is 3.11. The van der Waals surface area contributed by atoms with Crippen LogP contribution < -0.4 is 4.90 Å². The van der Waals surface area contributed by atoms with Gasteiger partial charge in [-0.2, -0.15) is 0 Å². The SMILES string of the molecule is CCCN(CCC(C)CC)c1ccncc1. The molecule has 0 aliphatic heterocycles. The van der Waals surface area contributed by atoms with Crippen LogP contribution in [0.3, 0.4) is 0 Å². The van der Waals surface area contributed by atoms with Gasteiger partial charge in [0, 0.05) is 31.2 Å². The molecule has 1 aromatic heterocycles. The lowest BCUT2D eigenvalue weighted by Gasteiger charge is -2.25. The number of hydrogen-bond donors (Lipinski definition) is 0. The Balaban J connectivity index is 2.54. The van der Waals surface area contributed by atoms with Crippen LogP contribution in [-0.2, 0) is 0 Å². The molecule has 2 heteroatoms. The van der Waals surface area contributed by atoms with Gasteiger partial charge in [0.2, 0.25) is 0 Å². The van der Waals surface area contributed by atoms with Crippen molar-refractivity contribution in [2.75, 3.05) is 18.0 Å². The average molecular weight is 220 g/mol. The molecular formula is C14H24N2. The predicted octanol–water partition coefficient (Wildman–Crippen LogP) is 3.73. The van der Waals surface area contributed by atoms with Gasteiger partial charge in [-0.15, -0.1) is 0 Å². The zero-order chi connectivity index (χ0) is 11.8. The molecule has 0 radical (unpaired) electrons. The van der Waals surface area contributed by atoms with Crippen molar-refractivity contribution in [3.05, 3.63) is 24.5 Å². The quantitative estimate of drug-likeness (QED) is 0.696.